The predicted molar refractivity (Wildman–Crippen MR) is 37.8 cm³/mol. The SMILES string of the molecule is C=C(NCCCN)OC. The first-order valence-corrected chi connectivity index (χ1v) is 2.98. The highest BCUT2D eigenvalue weighted by molar-refractivity contribution is 4.76. The fraction of sp³-hybridized carbons (Fsp3) is 0.667. The zero-order chi connectivity index (χ0) is 7.11. The second-order valence-electron chi connectivity index (χ2n) is 1.70. The zero-order valence-corrected chi connectivity index (χ0v) is 5.81. The van der Waals surface area contributed by atoms with Crippen LogP contribution >= 0.6 is 0 Å². The molecular formula is C6H14N2O. The van der Waals surface area contributed by atoms with Crippen molar-refractivity contribution < 1.29 is 4.74 Å². The van der Waals surface area contributed by atoms with Crippen molar-refractivity contribution in [3.05, 3.63) is 12.5 Å². The van der Waals surface area contributed by atoms with Gasteiger partial charge in [0.2, 0.25) is 0 Å². The van der Waals surface area contributed by atoms with Crippen molar-refractivity contribution in [1.29, 1.82) is 0 Å². The van der Waals surface area contributed by atoms with E-state index < -0.39 is 0 Å². The summed E-state index contributed by atoms with van der Waals surface area (Å²) in [5.74, 6) is 0.600. The fourth-order valence-electron chi connectivity index (χ4n) is 0.402. The van der Waals surface area contributed by atoms with Gasteiger partial charge in [-0.05, 0) is 19.5 Å². The number of nitrogens with two attached hydrogens (primary N) is 1. The van der Waals surface area contributed by atoms with Gasteiger partial charge in [0.1, 0.15) is 0 Å². The first-order chi connectivity index (χ1) is 4.31. The molecular weight excluding hydrogens is 116 g/mol. The van der Waals surface area contributed by atoms with Gasteiger partial charge >= 0.3 is 0 Å². The standard InChI is InChI=1S/C6H14N2O/c1-6(9-2)8-5-3-4-7/h8H,1,3-5,7H2,2H3. The van der Waals surface area contributed by atoms with Crippen LogP contribution in [0.15, 0.2) is 12.5 Å². The van der Waals surface area contributed by atoms with Crippen LogP contribution in [0.1, 0.15) is 6.42 Å². The van der Waals surface area contributed by atoms with E-state index in [-0.39, 0.29) is 0 Å². The minimum absolute atomic E-state index is 0.600. The van der Waals surface area contributed by atoms with Crippen molar-refractivity contribution in [1.82, 2.24) is 5.32 Å². The lowest BCUT2D eigenvalue weighted by molar-refractivity contribution is 0.263. The summed E-state index contributed by atoms with van der Waals surface area (Å²) in [6.07, 6.45) is 0.947. The number of ether oxygens (including phenoxy) is 1. The van der Waals surface area contributed by atoms with Gasteiger partial charge in [0.15, 0.2) is 5.88 Å². The van der Waals surface area contributed by atoms with E-state index >= 15 is 0 Å². The molecule has 0 rings (SSSR count). The largest absolute Gasteiger partial charge is 0.483 e. The molecule has 0 aromatic carbocycles. The Bertz CT molecular complexity index is 83.1. The van der Waals surface area contributed by atoms with Gasteiger partial charge in [-0.25, -0.2) is 0 Å². The topological polar surface area (TPSA) is 47.3 Å². The fourth-order valence-corrected chi connectivity index (χ4v) is 0.402. The van der Waals surface area contributed by atoms with Crippen LogP contribution in [0.2, 0.25) is 0 Å². The summed E-state index contributed by atoms with van der Waals surface area (Å²) in [7, 11) is 1.58. The third kappa shape index (κ3) is 5.17. The first kappa shape index (κ1) is 8.30. The van der Waals surface area contributed by atoms with Gasteiger partial charge in [0, 0.05) is 6.54 Å². The Morgan fingerprint density at radius 2 is 2.44 bits per heavy atom. The van der Waals surface area contributed by atoms with Gasteiger partial charge in [-0.15, -0.1) is 0 Å². The van der Waals surface area contributed by atoms with Crippen LogP contribution in [0.4, 0.5) is 0 Å². The molecule has 0 aliphatic carbocycles. The average molecular weight is 130 g/mol. The number of methoxy groups -OCH3 is 1. The molecule has 0 aromatic heterocycles. The molecule has 0 heterocycles. The quantitative estimate of drug-likeness (QED) is 0.408. The molecule has 0 saturated carbocycles. The maximum atomic E-state index is 5.25. The van der Waals surface area contributed by atoms with Crippen molar-refractivity contribution in [3.8, 4) is 0 Å². The third-order valence-electron chi connectivity index (χ3n) is 0.949. The van der Waals surface area contributed by atoms with Gasteiger partial charge in [-0.1, -0.05) is 0 Å². The monoisotopic (exact) mass is 130 g/mol. The van der Waals surface area contributed by atoms with Crippen LogP contribution in [-0.2, 0) is 4.74 Å². The van der Waals surface area contributed by atoms with Gasteiger partial charge in [0.05, 0.1) is 7.11 Å². The molecule has 3 N–H and O–H groups in total. The van der Waals surface area contributed by atoms with Crippen LogP contribution in [0, 0.1) is 0 Å². The van der Waals surface area contributed by atoms with E-state index in [1.54, 1.807) is 7.11 Å². The summed E-state index contributed by atoms with van der Waals surface area (Å²) in [5.41, 5.74) is 5.25. The molecule has 0 amide bonds. The number of nitrogens with one attached hydrogen (secondary N) is 1. The molecule has 9 heavy (non-hydrogen) atoms. The van der Waals surface area contributed by atoms with Crippen LogP contribution in [0.25, 0.3) is 0 Å². The minimum Gasteiger partial charge on any atom is -0.483 e. The van der Waals surface area contributed by atoms with Gasteiger partial charge in [0.25, 0.3) is 0 Å². The Hall–Kier alpha value is -0.700. The number of hydrogen-bond donors (Lipinski definition) is 2. The van der Waals surface area contributed by atoms with E-state index in [2.05, 4.69) is 11.9 Å². The Labute approximate surface area is 55.9 Å². The van der Waals surface area contributed by atoms with Crippen molar-refractivity contribution in [3.63, 3.8) is 0 Å². The van der Waals surface area contributed by atoms with Crippen LogP contribution < -0.4 is 11.1 Å². The van der Waals surface area contributed by atoms with Crippen LogP contribution in [-0.4, -0.2) is 20.2 Å². The Kier molecular flexibility index (Phi) is 5.01. The maximum absolute atomic E-state index is 5.25. The molecule has 0 atom stereocenters. The molecule has 0 saturated heterocycles. The molecule has 0 fully saturated rings. The average Bonchev–Trinajstić information content (AvgIpc) is 1.89. The van der Waals surface area contributed by atoms with Crippen molar-refractivity contribution >= 4 is 0 Å². The lowest BCUT2D eigenvalue weighted by Crippen LogP contribution is -2.17. The van der Waals surface area contributed by atoms with E-state index in [4.69, 9.17) is 10.5 Å². The summed E-state index contributed by atoms with van der Waals surface area (Å²) in [6, 6.07) is 0. The number of rotatable bonds is 5. The van der Waals surface area contributed by atoms with Crippen molar-refractivity contribution in [2.75, 3.05) is 20.2 Å². The van der Waals surface area contributed by atoms with Crippen LogP contribution in [0.5, 0.6) is 0 Å². The summed E-state index contributed by atoms with van der Waals surface area (Å²) < 4.78 is 4.75. The molecule has 3 nitrogen and oxygen atoms in total. The van der Waals surface area contributed by atoms with Gasteiger partial charge in [-0.3, -0.25) is 0 Å². The van der Waals surface area contributed by atoms with Gasteiger partial charge < -0.3 is 15.8 Å². The van der Waals surface area contributed by atoms with E-state index in [9.17, 15) is 0 Å². The first-order valence-electron chi connectivity index (χ1n) is 2.98. The highest BCUT2D eigenvalue weighted by Crippen LogP contribution is 1.81. The van der Waals surface area contributed by atoms with Crippen LogP contribution in [0.3, 0.4) is 0 Å². The molecule has 0 spiro atoms. The predicted octanol–water partition coefficient (Wildman–Crippen LogP) is 0.0424. The highest BCUT2D eigenvalue weighted by Gasteiger charge is 1.86. The molecule has 3 heteroatoms. The molecule has 0 aromatic rings. The normalized spacial score (nSPS) is 8.67. The molecule has 0 radical (unpaired) electrons. The summed E-state index contributed by atoms with van der Waals surface area (Å²) in [5, 5.41) is 2.94. The van der Waals surface area contributed by atoms with E-state index in [0.717, 1.165) is 13.0 Å². The molecule has 0 unspecified atom stereocenters. The zero-order valence-electron chi connectivity index (χ0n) is 5.81. The van der Waals surface area contributed by atoms with E-state index in [0.29, 0.717) is 12.4 Å². The summed E-state index contributed by atoms with van der Waals surface area (Å²) in [4.78, 5) is 0. The van der Waals surface area contributed by atoms with Gasteiger partial charge in [-0.2, -0.15) is 0 Å². The Morgan fingerprint density at radius 3 is 2.89 bits per heavy atom. The Balaban J connectivity index is 2.97. The highest BCUT2D eigenvalue weighted by atomic mass is 16.5. The minimum atomic E-state index is 0.600. The summed E-state index contributed by atoms with van der Waals surface area (Å²) >= 11 is 0. The van der Waals surface area contributed by atoms with Crippen molar-refractivity contribution in [2.45, 2.75) is 6.42 Å². The van der Waals surface area contributed by atoms with E-state index in [1.165, 1.54) is 0 Å². The lowest BCUT2D eigenvalue weighted by atomic mass is 10.4. The molecule has 0 bridgehead atoms. The van der Waals surface area contributed by atoms with E-state index in [1.807, 2.05) is 0 Å². The Morgan fingerprint density at radius 1 is 1.78 bits per heavy atom. The second kappa shape index (κ2) is 5.44. The third-order valence-corrected chi connectivity index (χ3v) is 0.949. The smallest absolute Gasteiger partial charge is 0.178 e. The lowest BCUT2D eigenvalue weighted by Gasteiger charge is -2.05. The number of hydrogen-bond acceptors (Lipinski definition) is 3. The van der Waals surface area contributed by atoms with Crippen molar-refractivity contribution in [2.24, 2.45) is 5.73 Å². The molecule has 54 valence electrons. The second-order valence-corrected chi connectivity index (χ2v) is 1.70. The maximum Gasteiger partial charge on any atom is 0.178 e. The molecule has 0 aliphatic heterocycles. The summed E-state index contributed by atoms with van der Waals surface area (Å²) in [6.45, 7) is 5.11. The molecule has 0 aliphatic rings.